The van der Waals surface area contributed by atoms with Crippen LogP contribution in [0.3, 0.4) is 0 Å². The zero-order valence-corrected chi connectivity index (χ0v) is 15.7. The van der Waals surface area contributed by atoms with E-state index < -0.39 is 6.04 Å². The topological polar surface area (TPSA) is 73.6 Å². The van der Waals surface area contributed by atoms with Crippen molar-refractivity contribution in [2.24, 2.45) is 5.92 Å². The molecule has 2 aliphatic rings. The molecule has 2 aliphatic heterocycles. The van der Waals surface area contributed by atoms with E-state index in [2.05, 4.69) is 24.8 Å². The average Bonchev–Trinajstić information content (AvgIpc) is 2.70. The van der Waals surface area contributed by atoms with Crippen LogP contribution in [-0.2, 0) is 9.53 Å². The number of hydrogen-bond donors (Lipinski definition) is 1. The Morgan fingerprint density at radius 3 is 2.59 bits per heavy atom. The molecule has 2 saturated heterocycles. The van der Waals surface area contributed by atoms with Gasteiger partial charge in [0.2, 0.25) is 5.91 Å². The second-order valence-corrected chi connectivity index (χ2v) is 7.16. The van der Waals surface area contributed by atoms with Crippen molar-refractivity contribution >= 4 is 5.91 Å². The minimum absolute atomic E-state index is 0.0257. The number of aliphatic hydroxyl groups is 1. The molecule has 1 amide bonds. The summed E-state index contributed by atoms with van der Waals surface area (Å²) in [6.07, 6.45) is 3.27. The predicted molar refractivity (Wildman–Crippen MR) is 102 cm³/mol. The van der Waals surface area contributed by atoms with Crippen LogP contribution in [0.25, 0.3) is 0 Å². The van der Waals surface area contributed by atoms with Gasteiger partial charge in [-0.05, 0) is 37.0 Å². The maximum Gasteiger partial charge on any atom is 0.227 e. The Morgan fingerprint density at radius 1 is 1.30 bits per heavy atom. The first-order valence-electron chi connectivity index (χ1n) is 9.70. The maximum absolute atomic E-state index is 12.9. The Kier molecular flexibility index (Phi) is 6.50. The van der Waals surface area contributed by atoms with E-state index in [0.29, 0.717) is 26.1 Å². The molecule has 0 aliphatic carbocycles. The summed E-state index contributed by atoms with van der Waals surface area (Å²) >= 11 is 0. The number of nitrogens with zero attached hydrogens (tertiary/aromatic N) is 2. The number of ether oxygens (including phenoxy) is 1. The number of unbranched alkanes of at least 4 members (excludes halogenated alkanes) is 1. The molecule has 0 radical (unpaired) electrons. The number of amides is 1. The Morgan fingerprint density at radius 2 is 2.00 bits per heavy atom. The highest BCUT2D eigenvalue weighted by Crippen LogP contribution is 2.42. The first-order valence-corrected chi connectivity index (χ1v) is 9.70. The smallest absolute Gasteiger partial charge is 0.227 e. The zero-order valence-electron chi connectivity index (χ0n) is 15.7. The summed E-state index contributed by atoms with van der Waals surface area (Å²) in [4.78, 5) is 14.5. The van der Waals surface area contributed by atoms with Gasteiger partial charge in [0.25, 0.3) is 0 Å². The number of nitriles is 1. The van der Waals surface area contributed by atoms with E-state index in [9.17, 15) is 15.2 Å². The first kappa shape index (κ1) is 19.4. The van der Waals surface area contributed by atoms with E-state index in [-0.39, 0.29) is 30.4 Å². The van der Waals surface area contributed by atoms with Crippen LogP contribution in [-0.4, -0.2) is 47.8 Å². The van der Waals surface area contributed by atoms with Crippen LogP contribution in [0.1, 0.15) is 49.7 Å². The fourth-order valence-corrected chi connectivity index (χ4v) is 3.94. The minimum Gasteiger partial charge on any atom is -0.394 e. The lowest BCUT2D eigenvalue weighted by molar-refractivity contribution is -0.154. The molecule has 5 nitrogen and oxygen atoms in total. The molecule has 0 saturated carbocycles. The van der Waals surface area contributed by atoms with Crippen molar-refractivity contribution in [1.29, 1.82) is 5.26 Å². The number of benzene rings is 1. The third-order valence-electron chi connectivity index (χ3n) is 5.46. The largest absolute Gasteiger partial charge is 0.394 e. The zero-order chi connectivity index (χ0) is 19.2. The molecule has 142 valence electrons. The van der Waals surface area contributed by atoms with Crippen molar-refractivity contribution in [1.82, 2.24) is 4.90 Å². The van der Waals surface area contributed by atoms with Crippen molar-refractivity contribution in [2.45, 2.75) is 50.6 Å². The number of carbonyl (C=O) groups excluding carboxylic acids is 1. The monoisotopic (exact) mass is 366 g/mol. The lowest BCUT2D eigenvalue weighted by Gasteiger charge is -2.52. The Hall–Kier alpha value is -2.34. The molecule has 3 atom stereocenters. The summed E-state index contributed by atoms with van der Waals surface area (Å²) in [6, 6.07) is 9.22. The fraction of sp³-hybridized carbons (Fsp3) is 0.545. The van der Waals surface area contributed by atoms with Crippen LogP contribution in [0.5, 0.6) is 0 Å². The van der Waals surface area contributed by atoms with Crippen molar-refractivity contribution < 1.29 is 14.6 Å². The van der Waals surface area contributed by atoms with E-state index in [4.69, 9.17) is 4.74 Å². The van der Waals surface area contributed by atoms with Crippen LogP contribution in [0, 0.1) is 29.1 Å². The van der Waals surface area contributed by atoms with Gasteiger partial charge in [-0.25, -0.2) is 0 Å². The van der Waals surface area contributed by atoms with Crippen molar-refractivity contribution in [3.8, 4) is 17.9 Å². The van der Waals surface area contributed by atoms with Crippen LogP contribution in [0.15, 0.2) is 24.3 Å². The van der Waals surface area contributed by atoms with Gasteiger partial charge in [0, 0.05) is 37.0 Å². The lowest BCUT2D eigenvalue weighted by Crippen LogP contribution is -2.66. The van der Waals surface area contributed by atoms with Crippen molar-refractivity contribution in [3.05, 3.63) is 35.4 Å². The summed E-state index contributed by atoms with van der Waals surface area (Å²) in [5.41, 5.74) is 1.91. The fourth-order valence-electron chi connectivity index (χ4n) is 3.94. The van der Waals surface area contributed by atoms with Gasteiger partial charge in [0.1, 0.15) is 6.04 Å². The van der Waals surface area contributed by atoms with Gasteiger partial charge in [0.05, 0.1) is 18.7 Å². The molecule has 1 aromatic carbocycles. The molecule has 1 N–H and O–H groups in total. The minimum atomic E-state index is -0.533. The molecule has 5 heteroatoms. The van der Waals surface area contributed by atoms with Gasteiger partial charge in [-0.1, -0.05) is 30.9 Å². The number of hydrogen-bond acceptors (Lipinski definition) is 4. The van der Waals surface area contributed by atoms with E-state index in [1.54, 1.807) is 4.90 Å². The highest BCUT2D eigenvalue weighted by atomic mass is 16.5. The van der Waals surface area contributed by atoms with Crippen molar-refractivity contribution in [3.63, 3.8) is 0 Å². The van der Waals surface area contributed by atoms with E-state index >= 15 is 0 Å². The molecule has 0 spiro atoms. The standard InChI is InChI=1S/C22H26N2O3/c1-2-3-4-5-16-6-8-17(9-7-16)21-19(14-23)24(20(21)15-25)22(26)18-10-12-27-13-11-18/h6-9,18-21,25H,2-3,10-13,15H2,1H3/t19-,20+,21-/m0/s1. The third kappa shape index (κ3) is 4.00. The molecule has 0 aromatic heterocycles. The molecule has 0 unspecified atom stereocenters. The van der Waals surface area contributed by atoms with Crippen LogP contribution in [0.2, 0.25) is 0 Å². The second-order valence-electron chi connectivity index (χ2n) is 7.16. The molecular weight excluding hydrogens is 340 g/mol. The SMILES string of the molecule is CCCC#Cc1ccc([C@@H]2[C@@H](CO)N(C(=O)C3CCOCC3)[C@H]2C#N)cc1. The summed E-state index contributed by atoms with van der Waals surface area (Å²) in [7, 11) is 0. The summed E-state index contributed by atoms with van der Waals surface area (Å²) in [6.45, 7) is 3.11. The molecule has 1 aromatic rings. The predicted octanol–water partition coefficient (Wildman–Crippen LogP) is 2.44. The molecule has 2 fully saturated rings. The molecule has 3 rings (SSSR count). The maximum atomic E-state index is 12.9. The van der Waals surface area contributed by atoms with Gasteiger partial charge >= 0.3 is 0 Å². The number of aliphatic hydroxyl groups excluding tert-OH is 1. The third-order valence-corrected chi connectivity index (χ3v) is 5.46. The first-order chi connectivity index (χ1) is 13.2. The molecule has 27 heavy (non-hydrogen) atoms. The van der Waals surface area contributed by atoms with E-state index in [1.807, 2.05) is 24.3 Å². The molecule has 0 bridgehead atoms. The van der Waals surface area contributed by atoms with Crippen LogP contribution < -0.4 is 0 Å². The van der Waals surface area contributed by atoms with Gasteiger partial charge in [-0.3, -0.25) is 4.79 Å². The summed E-state index contributed by atoms with van der Waals surface area (Å²) in [5, 5.41) is 19.6. The van der Waals surface area contributed by atoms with Crippen molar-refractivity contribution in [2.75, 3.05) is 19.8 Å². The Labute approximate surface area is 160 Å². The quantitative estimate of drug-likeness (QED) is 0.831. The van der Waals surface area contributed by atoms with Gasteiger partial charge in [-0.2, -0.15) is 5.26 Å². The summed E-state index contributed by atoms with van der Waals surface area (Å²) in [5.74, 6) is 5.95. The number of rotatable bonds is 4. The normalized spacial score (nSPS) is 25.1. The second kappa shape index (κ2) is 9.04. The van der Waals surface area contributed by atoms with E-state index in [0.717, 1.165) is 24.0 Å². The Bertz CT molecular complexity index is 750. The Balaban J connectivity index is 1.75. The van der Waals surface area contributed by atoms with Gasteiger partial charge in [-0.15, -0.1) is 0 Å². The number of likely N-dealkylation sites (tertiary alicyclic amines) is 1. The highest BCUT2D eigenvalue weighted by Gasteiger charge is 2.52. The number of carbonyl (C=O) groups is 1. The van der Waals surface area contributed by atoms with E-state index in [1.165, 1.54) is 0 Å². The average molecular weight is 366 g/mol. The van der Waals surface area contributed by atoms with Gasteiger partial charge < -0.3 is 14.7 Å². The molecular formula is C22H26N2O3. The lowest BCUT2D eigenvalue weighted by atomic mass is 9.74. The van der Waals surface area contributed by atoms with Crippen LogP contribution >= 0.6 is 0 Å². The van der Waals surface area contributed by atoms with Crippen LogP contribution in [0.4, 0.5) is 0 Å². The van der Waals surface area contributed by atoms with Gasteiger partial charge in [0.15, 0.2) is 0 Å². The molecule has 2 heterocycles. The highest BCUT2D eigenvalue weighted by molar-refractivity contribution is 5.81. The summed E-state index contributed by atoms with van der Waals surface area (Å²) < 4.78 is 5.33.